The van der Waals surface area contributed by atoms with E-state index >= 15 is 0 Å². The first-order valence-electron chi connectivity index (χ1n) is 2.93. The third-order valence-electron chi connectivity index (χ3n) is 1.57. The highest BCUT2D eigenvalue weighted by molar-refractivity contribution is 5.77. The van der Waals surface area contributed by atoms with Crippen LogP contribution in [0.4, 0.5) is 0 Å². The molecule has 0 aromatic heterocycles. The van der Waals surface area contributed by atoms with Crippen molar-refractivity contribution in [3.63, 3.8) is 0 Å². The van der Waals surface area contributed by atoms with E-state index in [1.807, 2.05) is 0 Å². The first-order valence-corrected chi connectivity index (χ1v) is 2.93. The summed E-state index contributed by atoms with van der Waals surface area (Å²) in [5.74, 6) is -0.457. The number of rotatable bonds is 1. The maximum Gasteiger partial charge on any atom is 0.221 e. The molecule has 0 spiro atoms. The third kappa shape index (κ3) is 1.40. The molecule has 0 aromatic rings. The van der Waals surface area contributed by atoms with Crippen LogP contribution in [0.3, 0.4) is 0 Å². The van der Waals surface area contributed by atoms with Gasteiger partial charge in [0.05, 0.1) is 5.92 Å². The second-order valence-corrected chi connectivity index (χ2v) is 2.30. The summed E-state index contributed by atoms with van der Waals surface area (Å²) in [5, 5.41) is 9.89. The standard InChI is InChI=1S/C5H10N2O2/c6-5(8)4-1-2-7(9)3-4/h4,9H,1-3H2,(H2,6,8). The van der Waals surface area contributed by atoms with Gasteiger partial charge in [-0.3, -0.25) is 4.79 Å². The zero-order chi connectivity index (χ0) is 6.85. The molecule has 1 heterocycles. The van der Waals surface area contributed by atoms with E-state index < -0.39 is 0 Å². The number of carbonyl (C=O) groups excluding carboxylic acids is 1. The molecule has 3 N–H and O–H groups in total. The van der Waals surface area contributed by atoms with Crippen molar-refractivity contribution in [2.24, 2.45) is 11.7 Å². The summed E-state index contributed by atoms with van der Waals surface area (Å²) in [5.41, 5.74) is 4.98. The molecule has 4 nitrogen and oxygen atoms in total. The molecule has 4 heteroatoms. The lowest BCUT2D eigenvalue weighted by Crippen LogP contribution is -2.25. The van der Waals surface area contributed by atoms with E-state index in [1.165, 1.54) is 0 Å². The molecular weight excluding hydrogens is 120 g/mol. The van der Waals surface area contributed by atoms with E-state index in [0.717, 1.165) is 5.06 Å². The largest absolute Gasteiger partial charge is 0.369 e. The van der Waals surface area contributed by atoms with Gasteiger partial charge >= 0.3 is 0 Å². The molecule has 1 rings (SSSR count). The van der Waals surface area contributed by atoms with Gasteiger partial charge in [0.1, 0.15) is 0 Å². The maximum atomic E-state index is 10.4. The molecule has 1 aliphatic rings. The van der Waals surface area contributed by atoms with Gasteiger partial charge in [0.25, 0.3) is 0 Å². The summed E-state index contributed by atoms with van der Waals surface area (Å²) >= 11 is 0. The highest BCUT2D eigenvalue weighted by atomic mass is 16.5. The van der Waals surface area contributed by atoms with Gasteiger partial charge in [0, 0.05) is 13.1 Å². The van der Waals surface area contributed by atoms with Gasteiger partial charge < -0.3 is 10.9 Å². The van der Waals surface area contributed by atoms with Gasteiger partial charge in [-0.2, -0.15) is 5.06 Å². The van der Waals surface area contributed by atoms with Crippen LogP contribution in [-0.2, 0) is 4.79 Å². The minimum Gasteiger partial charge on any atom is -0.369 e. The first kappa shape index (κ1) is 6.51. The van der Waals surface area contributed by atoms with E-state index in [0.29, 0.717) is 19.5 Å². The summed E-state index contributed by atoms with van der Waals surface area (Å²) in [4.78, 5) is 10.4. The summed E-state index contributed by atoms with van der Waals surface area (Å²) in [6.07, 6.45) is 0.686. The zero-order valence-electron chi connectivity index (χ0n) is 5.08. The van der Waals surface area contributed by atoms with E-state index in [1.54, 1.807) is 0 Å². The van der Waals surface area contributed by atoms with Crippen molar-refractivity contribution in [3.05, 3.63) is 0 Å². The van der Waals surface area contributed by atoms with E-state index in [9.17, 15) is 4.79 Å². The number of nitrogens with two attached hydrogens (primary N) is 1. The average Bonchev–Trinajstić information content (AvgIpc) is 2.14. The molecule has 0 saturated carbocycles. The van der Waals surface area contributed by atoms with Crippen molar-refractivity contribution in [2.45, 2.75) is 6.42 Å². The Morgan fingerprint density at radius 3 is 2.67 bits per heavy atom. The van der Waals surface area contributed by atoms with Crippen LogP contribution in [0.15, 0.2) is 0 Å². The minimum absolute atomic E-state index is 0.144. The van der Waals surface area contributed by atoms with Gasteiger partial charge in [-0.25, -0.2) is 0 Å². The van der Waals surface area contributed by atoms with Crippen LogP contribution in [0.25, 0.3) is 0 Å². The Hall–Kier alpha value is -0.610. The fourth-order valence-electron chi connectivity index (χ4n) is 0.974. The molecule has 1 atom stereocenters. The summed E-state index contributed by atoms with van der Waals surface area (Å²) in [7, 11) is 0. The first-order chi connectivity index (χ1) is 4.20. The molecule has 1 amide bonds. The average molecular weight is 130 g/mol. The molecule has 52 valence electrons. The Morgan fingerprint density at radius 2 is 2.44 bits per heavy atom. The van der Waals surface area contributed by atoms with Crippen LogP contribution in [0, 0.1) is 5.92 Å². The lowest BCUT2D eigenvalue weighted by Gasteiger charge is -2.03. The molecule has 9 heavy (non-hydrogen) atoms. The maximum absolute atomic E-state index is 10.4. The Labute approximate surface area is 53.2 Å². The molecule has 1 fully saturated rings. The van der Waals surface area contributed by atoms with Crippen molar-refractivity contribution in [1.82, 2.24) is 5.06 Å². The normalized spacial score (nSPS) is 28.8. The van der Waals surface area contributed by atoms with E-state index in [4.69, 9.17) is 10.9 Å². The number of primary amides is 1. The topological polar surface area (TPSA) is 66.6 Å². The van der Waals surface area contributed by atoms with Crippen LogP contribution >= 0.6 is 0 Å². The van der Waals surface area contributed by atoms with Crippen molar-refractivity contribution in [3.8, 4) is 0 Å². The van der Waals surface area contributed by atoms with Crippen molar-refractivity contribution in [2.75, 3.05) is 13.1 Å². The molecule has 0 radical (unpaired) electrons. The van der Waals surface area contributed by atoms with Crippen molar-refractivity contribution < 1.29 is 10.0 Å². The van der Waals surface area contributed by atoms with Crippen LogP contribution in [0.1, 0.15) is 6.42 Å². The fourth-order valence-corrected chi connectivity index (χ4v) is 0.974. The van der Waals surface area contributed by atoms with E-state index in [2.05, 4.69) is 0 Å². The minimum atomic E-state index is -0.313. The van der Waals surface area contributed by atoms with E-state index in [-0.39, 0.29) is 11.8 Å². The number of nitrogens with zero attached hydrogens (tertiary/aromatic N) is 1. The molecule has 1 unspecified atom stereocenters. The van der Waals surface area contributed by atoms with Crippen LogP contribution < -0.4 is 5.73 Å². The second-order valence-electron chi connectivity index (χ2n) is 2.30. The Kier molecular flexibility index (Phi) is 1.68. The molecule has 1 aliphatic heterocycles. The van der Waals surface area contributed by atoms with Crippen molar-refractivity contribution in [1.29, 1.82) is 0 Å². The number of amides is 1. The van der Waals surface area contributed by atoms with Crippen LogP contribution in [-0.4, -0.2) is 29.3 Å². The molecular formula is C5H10N2O2. The number of hydrogen-bond acceptors (Lipinski definition) is 3. The van der Waals surface area contributed by atoms with Crippen LogP contribution in [0.2, 0.25) is 0 Å². The van der Waals surface area contributed by atoms with Gasteiger partial charge in [0.15, 0.2) is 0 Å². The highest BCUT2D eigenvalue weighted by Gasteiger charge is 2.24. The number of hydroxylamine groups is 2. The molecule has 0 aliphatic carbocycles. The molecule has 0 bridgehead atoms. The highest BCUT2D eigenvalue weighted by Crippen LogP contribution is 2.12. The Balaban J connectivity index is 2.39. The van der Waals surface area contributed by atoms with Gasteiger partial charge in [0.2, 0.25) is 5.91 Å². The third-order valence-corrected chi connectivity index (χ3v) is 1.57. The lowest BCUT2D eigenvalue weighted by molar-refractivity contribution is -0.123. The quantitative estimate of drug-likeness (QED) is 0.487. The monoisotopic (exact) mass is 130 g/mol. The van der Waals surface area contributed by atoms with Gasteiger partial charge in [-0.15, -0.1) is 0 Å². The lowest BCUT2D eigenvalue weighted by atomic mass is 10.1. The Morgan fingerprint density at radius 1 is 1.78 bits per heavy atom. The summed E-state index contributed by atoms with van der Waals surface area (Å²) < 4.78 is 0. The zero-order valence-corrected chi connectivity index (χ0v) is 5.08. The van der Waals surface area contributed by atoms with Gasteiger partial charge in [-0.1, -0.05) is 0 Å². The smallest absolute Gasteiger partial charge is 0.221 e. The summed E-state index contributed by atoms with van der Waals surface area (Å²) in [6.45, 7) is 0.961. The molecule has 1 saturated heterocycles. The van der Waals surface area contributed by atoms with Crippen molar-refractivity contribution >= 4 is 5.91 Å². The number of carbonyl (C=O) groups is 1. The second kappa shape index (κ2) is 2.33. The number of hydrogen-bond donors (Lipinski definition) is 2. The predicted octanol–water partition coefficient (Wildman–Crippen LogP) is -0.817. The summed E-state index contributed by atoms with van der Waals surface area (Å²) in [6, 6.07) is 0. The van der Waals surface area contributed by atoms with Crippen LogP contribution in [0.5, 0.6) is 0 Å². The predicted molar refractivity (Wildman–Crippen MR) is 30.7 cm³/mol. The fraction of sp³-hybridized carbons (Fsp3) is 0.800. The molecule has 0 aromatic carbocycles. The Bertz CT molecular complexity index is 126. The van der Waals surface area contributed by atoms with Gasteiger partial charge in [-0.05, 0) is 6.42 Å². The SMILES string of the molecule is NC(=O)C1CCN(O)C1.